The third-order valence-corrected chi connectivity index (χ3v) is 6.61. The van der Waals surface area contributed by atoms with Gasteiger partial charge in [0.05, 0.1) is 17.1 Å². The Kier molecular flexibility index (Phi) is 3.69. The molecule has 4 rings (SSSR count). The Balaban J connectivity index is 1.69. The molecule has 1 fully saturated rings. The van der Waals surface area contributed by atoms with E-state index in [9.17, 15) is 13.2 Å². The molecule has 1 atom stereocenters. The van der Waals surface area contributed by atoms with Gasteiger partial charge in [0.2, 0.25) is 10.0 Å². The van der Waals surface area contributed by atoms with Crippen LogP contribution in [0.5, 0.6) is 0 Å². The zero-order chi connectivity index (χ0) is 17.6. The number of aryl methyl sites for hydroxylation is 1. The molecule has 1 saturated heterocycles. The molecular weight excluding hydrogens is 342 g/mol. The Hall–Kier alpha value is -2.52. The molecule has 1 unspecified atom stereocenters. The van der Waals surface area contributed by atoms with Crippen molar-refractivity contribution in [1.82, 2.24) is 23.8 Å². The maximum atomic E-state index is 12.9. The monoisotopic (exact) mass is 359 g/mol. The van der Waals surface area contributed by atoms with Crippen molar-refractivity contribution in [2.75, 3.05) is 13.1 Å². The van der Waals surface area contributed by atoms with Crippen molar-refractivity contribution in [3.05, 3.63) is 52.8 Å². The van der Waals surface area contributed by atoms with Gasteiger partial charge in [-0.2, -0.15) is 4.31 Å². The summed E-state index contributed by atoms with van der Waals surface area (Å²) in [5.74, 6) is 0. The van der Waals surface area contributed by atoms with E-state index in [1.807, 2.05) is 6.07 Å². The highest BCUT2D eigenvalue weighted by molar-refractivity contribution is 7.89. The van der Waals surface area contributed by atoms with E-state index in [2.05, 4.69) is 15.0 Å². The number of nitrogens with one attached hydrogen (secondary N) is 1. The largest absolute Gasteiger partial charge is 0.328 e. The maximum Gasteiger partial charge on any atom is 0.328 e. The molecule has 2 aromatic heterocycles. The number of hydrogen-bond donors (Lipinski definition) is 1. The van der Waals surface area contributed by atoms with Crippen molar-refractivity contribution in [1.29, 1.82) is 0 Å². The minimum Gasteiger partial charge on any atom is -0.303 e. The van der Waals surface area contributed by atoms with Gasteiger partial charge in [-0.1, -0.05) is 18.2 Å². The van der Waals surface area contributed by atoms with Crippen molar-refractivity contribution in [2.24, 2.45) is 0 Å². The van der Waals surface area contributed by atoms with Crippen LogP contribution in [-0.2, 0) is 10.0 Å². The fourth-order valence-corrected chi connectivity index (χ4v) is 5.06. The van der Waals surface area contributed by atoms with Crippen LogP contribution in [0.2, 0.25) is 0 Å². The number of nitrogens with zero attached hydrogens (tertiary/aromatic N) is 4. The van der Waals surface area contributed by atoms with Gasteiger partial charge in [-0.15, -0.1) is 0 Å². The van der Waals surface area contributed by atoms with Crippen molar-refractivity contribution < 1.29 is 8.42 Å². The smallest absolute Gasteiger partial charge is 0.303 e. The number of hydrogen-bond acceptors (Lipinski definition) is 5. The Morgan fingerprint density at radius 2 is 2.08 bits per heavy atom. The minimum absolute atomic E-state index is 0.244. The molecule has 0 bridgehead atoms. The van der Waals surface area contributed by atoms with Crippen molar-refractivity contribution in [3.8, 4) is 0 Å². The molecule has 0 spiro atoms. The van der Waals surface area contributed by atoms with Gasteiger partial charge in [-0.3, -0.25) is 4.57 Å². The summed E-state index contributed by atoms with van der Waals surface area (Å²) in [7, 11) is -3.58. The van der Waals surface area contributed by atoms with E-state index in [0.29, 0.717) is 34.6 Å². The first-order chi connectivity index (χ1) is 12.0. The van der Waals surface area contributed by atoms with Gasteiger partial charge in [0.1, 0.15) is 11.8 Å². The molecule has 8 nitrogen and oxygen atoms in total. The Bertz CT molecular complexity index is 1100. The van der Waals surface area contributed by atoms with Gasteiger partial charge in [-0.25, -0.2) is 23.2 Å². The number of aromatic amines is 1. The van der Waals surface area contributed by atoms with E-state index in [1.165, 1.54) is 21.4 Å². The predicted octanol–water partition coefficient (Wildman–Crippen LogP) is 1.06. The van der Waals surface area contributed by atoms with E-state index in [1.54, 1.807) is 25.1 Å². The predicted molar refractivity (Wildman–Crippen MR) is 91.7 cm³/mol. The molecule has 0 amide bonds. The van der Waals surface area contributed by atoms with Gasteiger partial charge >= 0.3 is 5.69 Å². The molecule has 0 radical (unpaired) electrons. The van der Waals surface area contributed by atoms with E-state index in [4.69, 9.17) is 0 Å². The van der Waals surface area contributed by atoms with Crippen LogP contribution in [0.15, 0.2) is 46.5 Å². The fraction of sp³-hybridized carbons (Fsp3) is 0.312. The second-order valence-electron chi connectivity index (χ2n) is 6.13. The lowest BCUT2D eigenvalue weighted by Gasteiger charge is -2.18. The fourth-order valence-electron chi connectivity index (χ4n) is 3.34. The van der Waals surface area contributed by atoms with Crippen molar-refractivity contribution in [3.63, 3.8) is 0 Å². The van der Waals surface area contributed by atoms with Gasteiger partial charge in [0, 0.05) is 13.1 Å². The second-order valence-corrected chi connectivity index (χ2v) is 8.04. The summed E-state index contributed by atoms with van der Waals surface area (Å²) in [4.78, 5) is 23.4. The van der Waals surface area contributed by atoms with Crippen molar-refractivity contribution in [2.45, 2.75) is 24.3 Å². The molecule has 1 aliphatic rings. The van der Waals surface area contributed by atoms with Crippen molar-refractivity contribution >= 4 is 21.2 Å². The second kappa shape index (κ2) is 5.78. The number of rotatable bonds is 3. The Morgan fingerprint density at radius 1 is 1.28 bits per heavy atom. The molecule has 3 heterocycles. The Morgan fingerprint density at radius 3 is 2.88 bits per heavy atom. The number of imidazole rings is 1. The number of aromatic nitrogens is 4. The number of benzene rings is 1. The topological polar surface area (TPSA) is 101 Å². The third kappa shape index (κ3) is 2.56. The first kappa shape index (κ1) is 16.0. The van der Waals surface area contributed by atoms with Crippen LogP contribution in [0.1, 0.15) is 18.0 Å². The molecule has 9 heteroatoms. The maximum absolute atomic E-state index is 12.9. The lowest BCUT2D eigenvalue weighted by molar-refractivity contribution is 0.450. The normalized spacial score (nSPS) is 18.8. The summed E-state index contributed by atoms with van der Waals surface area (Å²) in [5.41, 5.74) is 1.46. The van der Waals surface area contributed by atoms with E-state index < -0.39 is 10.0 Å². The minimum atomic E-state index is -3.58. The molecule has 1 aliphatic heterocycles. The van der Waals surface area contributed by atoms with Gasteiger partial charge in [-0.05, 0) is 25.0 Å². The highest BCUT2D eigenvalue weighted by Crippen LogP contribution is 2.29. The van der Waals surface area contributed by atoms with E-state index in [-0.39, 0.29) is 18.3 Å². The van der Waals surface area contributed by atoms with E-state index in [0.717, 1.165) is 0 Å². The van der Waals surface area contributed by atoms with Crippen LogP contribution in [0.3, 0.4) is 0 Å². The van der Waals surface area contributed by atoms with Crippen LogP contribution >= 0.6 is 0 Å². The lowest BCUT2D eigenvalue weighted by Crippen LogP contribution is -2.31. The average molecular weight is 359 g/mol. The summed E-state index contributed by atoms with van der Waals surface area (Å²) < 4.78 is 28.8. The lowest BCUT2D eigenvalue weighted by atomic mass is 10.2. The highest BCUT2D eigenvalue weighted by Gasteiger charge is 2.35. The van der Waals surface area contributed by atoms with E-state index >= 15 is 0 Å². The van der Waals surface area contributed by atoms with Gasteiger partial charge < -0.3 is 4.98 Å². The Labute approximate surface area is 144 Å². The summed E-state index contributed by atoms with van der Waals surface area (Å²) in [6.07, 6.45) is 3.47. The van der Waals surface area contributed by atoms with Crippen LogP contribution < -0.4 is 5.69 Å². The van der Waals surface area contributed by atoms with Crippen LogP contribution in [-0.4, -0.2) is 45.3 Å². The molecular formula is C16H17N5O3S. The number of H-pyrrole nitrogens is 1. The molecule has 0 saturated carbocycles. The van der Waals surface area contributed by atoms with Crippen LogP contribution in [0.25, 0.3) is 11.2 Å². The third-order valence-electron chi connectivity index (χ3n) is 4.58. The van der Waals surface area contributed by atoms with Crippen LogP contribution in [0, 0.1) is 6.92 Å². The SMILES string of the molecule is Cc1ccccc1S(=O)(=O)N1CCC(n2c(=O)[nH]c3cncnc32)C1. The summed E-state index contributed by atoms with van der Waals surface area (Å²) in [5, 5.41) is 0. The quantitative estimate of drug-likeness (QED) is 0.754. The zero-order valence-electron chi connectivity index (χ0n) is 13.6. The molecule has 1 N–H and O–H groups in total. The molecule has 0 aliphatic carbocycles. The molecule has 130 valence electrons. The number of sulfonamides is 1. The average Bonchev–Trinajstić information content (AvgIpc) is 3.18. The zero-order valence-corrected chi connectivity index (χ0v) is 14.4. The first-order valence-electron chi connectivity index (χ1n) is 7.94. The van der Waals surface area contributed by atoms with Gasteiger partial charge in [0.25, 0.3) is 0 Å². The summed E-state index contributed by atoms with van der Waals surface area (Å²) in [6, 6.07) is 6.67. The molecule has 25 heavy (non-hydrogen) atoms. The van der Waals surface area contributed by atoms with Crippen LogP contribution in [0.4, 0.5) is 0 Å². The highest BCUT2D eigenvalue weighted by atomic mass is 32.2. The summed E-state index contributed by atoms with van der Waals surface area (Å²) in [6.45, 7) is 2.39. The molecule has 3 aromatic rings. The number of fused-ring (bicyclic) bond motifs is 1. The standard InChI is InChI=1S/C16H17N5O3S/c1-11-4-2-3-5-14(11)25(23,24)20-7-6-12(9-20)21-15-13(19-16(21)22)8-17-10-18-15/h2-5,8,10,12H,6-7,9H2,1H3,(H,19,22). The first-order valence-corrected chi connectivity index (χ1v) is 9.38. The summed E-state index contributed by atoms with van der Waals surface area (Å²) >= 11 is 0. The molecule has 1 aromatic carbocycles. The van der Waals surface area contributed by atoms with Gasteiger partial charge in [0.15, 0.2) is 5.65 Å².